The quantitative estimate of drug-likeness (QED) is 0.835. The SMILES string of the molecule is Cc1cccc(CC(CNC(=O)C2CSc3ccccc32)C(=O)O)c1. The number of carbonyl (C=O) groups is 2. The molecule has 1 heterocycles. The first-order valence-corrected chi connectivity index (χ1v) is 9.31. The Kier molecular flexibility index (Phi) is 5.43. The molecule has 3 rings (SSSR count). The summed E-state index contributed by atoms with van der Waals surface area (Å²) in [6, 6.07) is 15.7. The zero-order valence-electron chi connectivity index (χ0n) is 14.1. The molecule has 1 aliphatic rings. The van der Waals surface area contributed by atoms with Gasteiger partial charge in [-0.1, -0.05) is 48.0 Å². The minimum Gasteiger partial charge on any atom is -0.481 e. The van der Waals surface area contributed by atoms with Crippen LogP contribution in [-0.2, 0) is 16.0 Å². The van der Waals surface area contributed by atoms with Crippen molar-refractivity contribution in [2.24, 2.45) is 5.92 Å². The highest BCUT2D eigenvalue weighted by Crippen LogP contribution is 2.39. The first-order chi connectivity index (χ1) is 12.0. The number of carbonyl (C=O) groups excluding carboxylic acids is 1. The zero-order valence-corrected chi connectivity index (χ0v) is 14.9. The van der Waals surface area contributed by atoms with Gasteiger partial charge in [0.1, 0.15) is 0 Å². The van der Waals surface area contributed by atoms with Crippen molar-refractivity contribution in [2.45, 2.75) is 24.2 Å². The second kappa shape index (κ2) is 7.74. The summed E-state index contributed by atoms with van der Waals surface area (Å²) >= 11 is 1.67. The van der Waals surface area contributed by atoms with Crippen LogP contribution in [-0.4, -0.2) is 29.3 Å². The molecule has 2 aromatic rings. The highest BCUT2D eigenvalue weighted by Gasteiger charge is 2.29. The van der Waals surface area contributed by atoms with E-state index in [0.717, 1.165) is 21.6 Å². The molecule has 0 bridgehead atoms. The van der Waals surface area contributed by atoms with E-state index in [1.54, 1.807) is 11.8 Å². The maximum atomic E-state index is 12.5. The summed E-state index contributed by atoms with van der Waals surface area (Å²) in [5.74, 6) is -1.10. The lowest BCUT2D eigenvalue weighted by atomic mass is 9.97. The van der Waals surface area contributed by atoms with Crippen LogP contribution in [0.2, 0.25) is 0 Å². The summed E-state index contributed by atoms with van der Waals surface area (Å²) in [4.78, 5) is 25.2. The number of nitrogens with one attached hydrogen (secondary N) is 1. The van der Waals surface area contributed by atoms with Gasteiger partial charge in [-0.3, -0.25) is 9.59 Å². The average molecular weight is 355 g/mol. The lowest BCUT2D eigenvalue weighted by molar-refractivity contribution is -0.141. The molecule has 130 valence electrons. The number of hydrogen-bond donors (Lipinski definition) is 2. The number of aryl methyl sites for hydroxylation is 1. The normalized spacial score (nSPS) is 16.9. The second-order valence-electron chi connectivity index (χ2n) is 6.37. The first-order valence-electron chi connectivity index (χ1n) is 8.32. The smallest absolute Gasteiger partial charge is 0.308 e. The number of carboxylic acids is 1. The lowest BCUT2D eigenvalue weighted by Crippen LogP contribution is -2.37. The summed E-state index contributed by atoms with van der Waals surface area (Å²) in [6.45, 7) is 2.13. The molecule has 4 nitrogen and oxygen atoms in total. The molecule has 0 aromatic heterocycles. The van der Waals surface area contributed by atoms with Crippen LogP contribution in [0.4, 0.5) is 0 Å². The number of amides is 1. The van der Waals surface area contributed by atoms with Gasteiger partial charge in [0.05, 0.1) is 11.8 Å². The van der Waals surface area contributed by atoms with Gasteiger partial charge in [-0.2, -0.15) is 0 Å². The molecule has 0 fully saturated rings. The number of hydrogen-bond acceptors (Lipinski definition) is 3. The Balaban J connectivity index is 1.62. The molecule has 5 heteroatoms. The number of rotatable bonds is 6. The number of carboxylic acid groups (broad SMARTS) is 1. The Labute approximate surface area is 151 Å². The van der Waals surface area contributed by atoms with E-state index in [-0.39, 0.29) is 18.4 Å². The summed E-state index contributed by atoms with van der Waals surface area (Å²) in [6.07, 6.45) is 0.410. The van der Waals surface area contributed by atoms with Gasteiger partial charge < -0.3 is 10.4 Å². The molecular weight excluding hydrogens is 334 g/mol. The third-order valence-corrected chi connectivity index (χ3v) is 5.64. The maximum absolute atomic E-state index is 12.5. The first kappa shape index (κ1) is 17.5. The van der Waals surface area contributed by atoms with Crippen LogP contribution in [0, 0.1) is 12.8 Å². The summed E-state index contributed by atoms with van der Waals surface area (Å²) in [5.41, 5.74) is 3.12. The fourth-order valence-electron chi connectivity index (χ4n) is 3.10. The van der Waals surface area contributed by atoms with E-state index < -0.39 is 11.9 Å². The van der Waals surface area contributed by atoms with E-state index in [1.807, 2.05) is 55.5 Å². The standard InChI is InChI=1S/C20H21NO3S/c1-13-5-4-6-14(9-13)10-15(20(23)24)11-21-19(22)17-12-25-18-8-3-2-7-16(17)18/h2-9,15,17H,10-12H2,1H3,(H,21,22)(H,23,24). The van der Waals surface area contributed by atoms with Gasteiger partial charge in [0.25, 0.3) is 0 Å². The Morgan fingerprint density at radius 1 is 1.24 bits per heavy atom. The molecule has 0 aliphatic carbocycles. The van der Waals surface area contributed by atoms with Crippen LogP contribution in [0.5, 0.6) is 0 Å². The van der Waals surface area contributed by atoms with Crippen molar-refractivity contribution in [2.75, 3.05) is 12.3 Å². The Bertz CT molecular complexity index is 790. The Morgan fingerprint density at radius 2 is 2.04 bits per heavy atom. The van der Waals surface area contributed by atoms with Crippen molar-refractivity contribution in [3.05, 3.63) is 65.2 Å². The molecule has 0 saturated carbocycles. The van der Waals surface area contributed by atoms with Crippen LogP contribution in [0.1, 0.15) is 22.6 Å². The minimum absolute atomic E-state index is 0.0899. The van der Waals surface area contributed by atoms with E-state index in [4.69, 9.17) is 0 Å². The number of thioether (sulfide) groups is 1. The van der Waals surface area contributed by atoms with Crippen molar-refractivity contribution in [3.8, 4) is 0 Å². The van der Waals surface area contributed by atoms with Gasteiger partial charge in [-0.25, -0.2) is 0 Å². The fourth-order valence-corrected chi connectivity index (χ4v) is 4.33. The molecule has 2 N–H and O–H groups in total. The number of fused-ring (bicyclic) bond motifs is 1. The van der Waals surface area contributed by atoms with Crippen molar-refractivity contribution < 1.29 is 14.7 Å². The molecule has 0 spiro atoms. The Hall–Kier alpha value is -2.27. The van der Waals surface area contributed by atoms with Crippen molar-refractivity contribution >= 4 is 23.6 Å². The maximum Gasteiger partial charge on any atom is 0.308 e. The molecule has 1 amide bonds. The van der Waals surface area contributed by atoms with Crippen LogP contribution in [0.25, 0.3) is 0 Å². The Morgan fingerprint density at radius 3 is 2.80 bits per heavy atom. The van der Waals surface area contributed by atoms with Crippen LogP contribution < -0.4 is 5.32 Å². The topological polar surface area (TPSA) is 66.4 Å². The highest BCUT2D eigenvalue weighted by atomic mass is 32.2. The molecular formula is C20H21NO3S. The van der Waals surface area contributed by atoms with Gasteiger partial charge in [0.2, 0.25) is 5.91 Å². The molecule has 2 unspecified atom stereocenters. The summed E-state index contributed by atoms with van der Waals surface area (Å²) in [5, 5.41) is 12.3. The van der Waals surface area contributed by atoms with E-state index in [9.17, 15) is 14.7 Å². The largest absolute Gasteiger partial charge is 0.481 e. The molecule has 1 aliphatic heterocycles. The highest BCUT2D eigenvalue weighted by molar-refractivity contribution is 7.99. The lowest BCUT2D eigenvalue weighted by Gasteiger charge is -2.16. The number of benzene rings is 2. The summed E-state index contributed by atoms with van der Waals surface area (Å²) in [7, 11) is 0. The minimum atomic E-state index is -0.886. The predicted octanol–water partition coefficient (Wildman–Crippen LogP) is 3.24. The van der Waals surface area contributed by atoms with Crippen LogP contribution in [0.3, 0.4) is 0 Å². The molecule has 25 heavy (non-hydrogen) atoms. The molecule has 2 atom stereocenters. The third kappa shape index (κ3) is 4.23. The van der Waals surface area contributed by atoms with Gasteiger partial charge in [-0.05, 0) is 30.5 Å². The van der Waals surface area contributed by atoms with E-state index in [1.165, 1.54) is 0 Å². The van der Waals surface area contributed by atoms with Crippen LogP contribution in [0.15, 0.2) is 53.4 Å². The van der Waals surface area contributed by atoms with Gasteiger partial charge in [0.15, 0.2) is 0 Å². The van der Waals surface area contributed by atoms with E-state index in [0.29, 0.717) is 12.2 Å². The van der Waals surface area contributed by atoms with Crippen molar-refractivity contribution in [3.63, 3.8) is 0 Å². The van der Waals surface area contributed by atoms with Gasteiger partial charge in [-0.15, -0.1) is 11.8 Å². The zero-order chi connectivity index (χ0) is 17.8. The van der Waals surface area contributed by atoms with Crippen LogP contribution >= 0.6 is 11.8 Å². The molecule has 0 radical (unpaired) electrons. The van der Waals surface area contributed by atoms with Crippen molar-refractivity contribution in [1.82, 2.24) is 5.32 Å². The second-order valence-corrected chi connectivity index (χ2v) is 7.44. The van der Waals surface area contributed by atoms with Crippen molar-refractivity contribution in [1.29, 1.82) is 0 Å². The molecule has 2 aromatic carbocycles. The third-order valence-electron chi connectivity index (χ3n) is 4.45. The fraction of sp³-hybridized carbons (Fsp3) is 0.300. The number of aliphatic carboxylic acids is 1. The van der Waals surface area contributed by atoms with Gasteiger partial charge in [0, 0.05) is 17.2 Å². The predicted molar refractivity (Wildman–Crippen MR) is 98.9 cm³/mol. The van der Waals surface area contributed by atoms with Gasteiger partial charge >= 0.3 is 5.97 Å². The average Bonchev–Trinajstić information content (AvgIpc) is 3.02. The monoisotopic (exact) mass is 355 g/mol. The van der Waals surface area contributed by atoms with E-state index >= 15 is 0 Å². The summed E-state index contributed by atoms with van der Waals surface area (Å²) < 4.78 is 0. The van der Waals surface area contributed by atoms with E-state index in [2.05, 4.69) is 5.32 Å². The molecule has 0 saturated heterocycles.